The number of hydrogen-bond acceptors (Lipinski definition) is 3. The van der Waals surface area contributed by atoms with Crippen LogP contribution in [0.5, 0.6) is 0 Å². The standard InChI is InChI=1S/C11H15N3/c1-3-9(2)14-8-11-4-10(5-12)6-13-7-11/h4,6-7,9,14H,3,8H2,1-2H3/t9-/m1/s1. The topological polar surface area (TPSA) is 48.7 Å². The summed E-state index contributed by atoms with van der Waals surface area (Å²) in [4.78, 5) is 4.00. The summed E-state index contributed by atoms with van der Waals surface area (Å²) in [5, 5.41) is 12.0. The van der Waals surface area contributed by atoms with Crippen molar-refractivity contribution in [1.29, 1.82) is 5.26 Å². The number of nitrogens with zero attached hydrogens (tertiary/aromatic N) is 2. The van der Waals surface area contributed by atoms with Crippen molar-refractivity contribution in [2.24, 2.45) is 0 Å². The second kappa shape index (κ2) is 5.36. The van der Waals surface area contributed by atoms with E-state index in [2.05, 4.69) is 30.2 Å². The number of nitrogens with one attached hydrogen (secondary N) is 1. The van der Waals surface area contributed by atoms with Crippen molar-refractivity contribution >= 4 is 0 Å². The van der Waals surface area contributed by atoms with Crippen LogP contribution in [0.3, 0.4) is 0 Å². The Bertz CT molecular complexity index is 328. The van der Waals surface area contributed by atoms with E-state index in [4.69, 9.17) is 5.26 Å². The van der Waals surface area contributed by atoms with Crippen molar-refractivity contribution in [3.05, 3.63) is 29.6 Å². The average Bonchev–Trinajstić information content (AvgIpc) is 2.26. The van der Waals surface area contributed by atoms with E-state index in [9.17, 15) is 0 Å². The highest BCUT2D eigenvalue weighted by Crippen LogP contribution is 2.01. The summed E-state index contributed by atoms with van der Waals surface area (Å²) in [6.45, 7) is 5.06. The molecular formula is C11H15N3. The van der Waals surface area contributed by atoms with E-state index < -0.39 is 0 Å². The molecule has 0 aromatic carbocycles. The van der Waals surface area contributed by atoms with Crippen LogP contribution in [0.25, 0.3) is 0 Å². The number of pyridine rings is 1. The molecule has 74 valence electrons. The van der Waals surface area contributed by atoms with Crippen LogP contribution in [-0.4, -0.2) is 11.0 Å². The first-order valence-electron chi connectivity index (χ1n) is 4.83. The highest BCUT2D eigenvalue weighted by Gasteiger charge is 1.99. The van der Waals surface area contributed by atoms with Gasteiger partial charge in [0.2, 0.25) is 0 Å². The predicted octanol–water partition coefficient (Wildman–Crippen LogP) is 1.84. The molecule has 0 fully saturated rings. The second-order valence-electron chi connectivity index (χ2n) is 3.38. The fourth-order valence-electron chi connectivity index (χ4n) is 1.08. The maximum atomic E-state index is 8.68. The smallest absolute Gasteiger partial charge is 0.101 e. The Hall–Kier alpha value is -1.40. The summed E-state index contributed by atoms with van der Waals surface area (Å²) in [6.07, 6.45) is 4.47. The lowest BCUT2D eigenvalue weighted by molar-refractivity contribution is 0.533. The molecule has 14 heavy (non-hydrogen) atoms. The summed E-state index contributed by atoms with van der Waals surface area (Å²) in [6, 6.07) is 4.44. The van der Waals surface area contributed by atoms with Gasteiger partial charge in [0.15, 0.2) is 0 Å². The van der Waals surface area contributed by atoms with Crippen molar-refractivity contribution < 1.29 is 0 Å². The lowest BCUT2D eigenvalue weighted by Crippen LogP contribution is -2.24. The van der Waals surface area contributed by atoms with Crippen molar-refractivity contribution in [1.82, 2.24) is 10.3 Å². The minimum Gasteiger partial charge on any atom is -0.310 e. The van der Waals surface area contributed by atoms with Gasteiger partial charge in [0.05, 0.1) is 5.56 Å². The first-order valence-corrected chi connectivity index (χ1v) is 4.83. The van der Waals surface area contributed by atoms with Crippen LogP contribution in [0.2, 0.25) is 0 Å². The zero-order chi connectivity index (χ0) is 10.4. The van der Waals surface area contributed by atoms with Crippen molar-refractivity contribution in [2.75, 3.05) is 0 Å². The van der Waals surface area contributed by atoms with Crippen LogP contribution < -0.4 is 5.32 Å². The molecule has 0 radical (unpaired) electrons. The van der Waals surface area contributed by atoms with Crippen LogP contribution in [0.15, 0.2) is 18.5 Å². The van der Waals surface area contributed by atoms with Crippen LogP contribution in [0.1, 0.15) is 31.4 Å². The quantitative estimate of drug-likeness (QED) is 0.786. The Morgan fingerprint density at radius 1 is 1.57 bits per heavy atom. The van der Waals surface area contributed by atoms with Crippen molar-refractivity contribution in [3.63, 3.8) is 0 Å². The maximum Gasteiger partial charge on any atom is 0.101 e. The summed E-state index contributed by atoms with van der Waals surface area (Å²) in [5.74, 6) is 0. The minimum atomic E-state index is 0.501. The summed E-state index contributed by atoms with van der Waals surface area (Å²) >= 11 is 0. The lowest BCUT2D eigenvalue weighted by Gasteiger charge is -2.10. The SMILES string of the molecule is CC[C@@H](C)NCc1cncc(C#N)c1. The third-order valence-corrected chi connectivity index (χ3v) is 2.19. The molecule has 1 heterocycles. The van der Waals surface area contributed by atoms with Gasteiger partial charge in [0.25, 0.3) is 0 Å². The molecule has 1 N–H and O–H groups in total. The van der Waals surface area contributed by atoms with Gasteiger partial charge >= 0.3 is 0 Å². The Morgan fingerprint density at radius 3 is 3.00 bits per heavy atom. The van der Waals surface area contributed by atoms with Gasteiger partial charge < -0.3 is 5.32 Å². The summed E-state index contributed by atoms with van der Waals surface area (Å²) < 4.78 is 0. The molecule has 0 saturated carbocycles. The third-order valence-electron chi connectivity index (χ3n) is 2.19. The van der Waals surface area contributed by atoms with Gasteiger partial charge in [-0.15, -0.1) is 0 Å². The molecule has 0 unspecified atom stereocenters. The molecule has 1 aromatic rings. The first-order chi connectivity index (χ1) is 6.76. The first kappa shape index (κ1) is 10.7. The normalized spacial score (nSPS) is 12.1. The van der Waals surface area contributed by atoms with Crippen LogP contribution >= 0.6 is 0 Å². The average molecular weight is 189 g/mol. The van der Waals surface area contributed by atoms with Crippen LogP contribution in [0, 0.1) is 11.3 Å². The van der Waals surface area contributed by atoms with E-state index in [-0.39, 0.29) is 0 Å². The number of rotatable bonds is 4. The molecule has 3 nitrogen and oxygen atoms in total. The van der Waals surface area contributed by atoms with E-state index >= 15 is 0 Å². The zero-order valence-corrected chi connectivity index (χ0v) is 8.62. The fraction of sp³-hybridized carbons (Fsp3) is 0.455. The zero-order valence-electron chi connectivity index (χ0n) is 8.62. The van der Waals surface area contributed by atoms with E-state index in [0.29, 0.717) is 11.6 Å². The van der Waals surface area contributed by atoms with E-state index in [1.54, 1.807) is 12.4 Å². The predicted molar refractivity (Wildman–Crippen MR) is 55.5 cm³/mol. The molecule has 0 aliphatic heterocycles. The summed E-state index contributed by atoms with van der Waals surface area (Å²) in [5.41, 5.74) is 1.68. The van der Waals surface area contributed by atoms with Gasteiger partial charge in [-0.2, -0.15) is 5.26 Å². The van der Waals surface area contributed by atoms with Gasteiger partial charge in [-0.25, -0.2) is 0 Å². The second-order valence-corrected chi connectivity index (χ2v) is 3.38. The fourth-order valence-corrected chi connectivity index (χ4v) is 1.08. The maximum absolute atomic E-state index is 8.68. The van der Waals surface area contributed by atoms with E-state index in [1.807, 2.05) is 6.07 Å². The number of nitriles is 1. The Balaban J connectivity index is 2.55. The minimum absolute atomic E-state index is 0.501. The Labute approximate surface area is 84.8 Å². The van der Waals surface area contributed by atoms with Gasteiger partial charge in [-0.3, -0.25) is 4.98 Å². The molecule has 0 spiro atoms. The molecule has 1 aromatic heterocycles. The Kier molecular flexibility index (Phi) is 4.09. The molecular weight excluding hydrogens is 174 g/mol. The highest BCUT2D eigenvalue weighted by molar-refractivity contribution is 5.28. The molecule has 0 aliphatic carbocycles. The van der Waals surface area contributed by atoms with E-state index in [0.717, 1.165) is 18.5 Å². The highest BCUT2D eigenvalue weighted by atomic mass is 14.9. The van der Waals surface area contributed by atoms with Gasteiger partial charge in [0, 0.05) is 25.0 Å². The van der Waals surface area contributed by atoms with E-state index in [1.165, 1.54) is 0 Å². The number of hydrogen-bond donors (Lipinski definition) is 1. The van der Waals surface area contributed by atoms with Crippen molar-refractivity contribution in [2.45, 2.75) is 32.9 Å². The molecule has 0 aliphatic rings. The van der Waals surface area contributed by atoms with Crippen LogP contribution in [0.4, 0.5) is 0 Å². The van der Waals surface area contributed by atoms with Crippen molar-refractivity contribution in [3.8, 4) is 6.07 Å². The molecule has 0 amide bonds. The van der Waals surface area contributed by atoms with Gasteiger partial charge in [-0.1, -0.05) is 6.92 Å². The molecule has 0 saturated heterocycles. The van der Waals surface area contributed by atoms with Gasteiger partial charge in [0.1, 0.15) is 6.07 Å². The largest absolute Gasteiger partial charge is 0.310 e. The molecule has 1 atom stereocenters. The molecule has 3 heteroatoms. The molecule has 1 rings (SSSR count). The Morgan fingerprint density at radius 2 is 2.36 bits per heavy atom. The van der Waals surface area contributed by atoms with Gasteiger partial charge in [-0.05, 0) is 25.0 Å². The third kappa shape index (κ3) is 3.15. The number of aromatic nitrogens is 1. The lowest BCUT2D eigenvalue weighted by atomic mass is 10.2. The van der Waals surface area contributed by atoms with Crippen LogP contribution in [-0.2, 0) is 6.54 Å². The molecule has 0 bridgehead atoms. The monoisotopic (exact) mass is 189 g/mol. The summed E-state index contributed by atoms with van der Waals surface area (Å²) in [7, 11) is 0.